The van der Waals surface area contributed by atoms with Crippen molar-refractivity contribution in [2.45, 2.75) is 38.6 Å². The van der Waals surface area contributed by atoms with Gasteiger partial charge in [-0.05, 0) is 55.0 Å². The molecule has 1 amide bonds. The Labute approximate surface area is 132 Å². The van der Waals surface area contributed by atoms with Crippen molar-refractivity contribution >= 4 is 28.7 Å². The number of ether oxygens (including phenoxy) is 1. The zero-order chi connectivity index (χ0) is 15.3. The van der Waals surface area contributed by atoms with E-state index < -0.39 is 23.9 Å². The number of aliphatic hydroxyl groups is 2. The van der Waals surface area contributed by atoms with Crippen molar-refractivity contribution in [3.05, 3.63) is 33.4 Å². The first-order valence-corrected chi connectivity index (χ1v) is 7.36. The molecule has 5 nitrogen and oxygen atoms in total. The maximum Gasteiger partial charge on any atom is 0.407 e. The molecule has 6 heteroatoms. The van der Waals surface area contributed by atoms with Gasteiger partial charge in [0, 0.05) is 10.1 Å². The minimum atomic E-state index is -1.10. The molecular weight excluding hydrogens is 373 g/mol. The molecular formula is C14H20INO4. The highest BCUT2D eigenvalue weighted by atomic mass is 127. The summed E-state index contributed by atoms with van der Waals surface area (Å²) in [6.07, 6.45) is -2.78. The van der Waals surface area contributed by atoms with Crippen molar-refractivity contribution < 1.29 is 19.7 Å². The van der Waals surface area contributed by atoms with Crippen molar-refractivity contribution in [2.75, 3.05) is 6.54 Å². The highest BCUT2D eigenvalue weighted by Gasteiger charge is 2.22. The summed E-state index contributed by atoms with van der Waals surface area (Å²) in [7, 11) is 0. The predicted molar refractivity (Wildman–Crippen MR) is 84.4 cm³/mol. The fraction of sp³-hybridized carbons (Fsp3) is 0.500. The molecule has 1 aromatic rings. The predicted octanol–water partition coefficient (Wildman–Crippen LogP) is 2.21. The molecule has 3 N–H and O–H groups in total. The average Bonchev–Trinajstić information content (AvgIpc) is 2.33. The lowest BCUT2D eigenvalue weighted by molar-refractivity contribution is 0.0125. The summed E-state index contributed by atoms with van der Waals surface area (Å²) in [5, 5.41) is 22.4. The van der Waals surface area contributed by atoms with E-state index in [-0.39, 0.29) is 6.54 Å². The SMILES string of the molecule is CC(C)(C)OC(=O)NCC(O)C(O)c1ccccc1I. The quantitative estimate of drug-likeness (QED) is 0.686. The Morgan fingerprint density at radius 3 is 2.50 bits per heavy atom. The number of halogens is 1. The second-order valence-corrected chi connectivity index (χ2v) is 6.58. The first-order valence-electron chi connectivity index (χ1n) is 6.28. The molecule has 0 aliphatic heterocycles. The largest absolute Gasteiger partial charge is 0.444 e. The Balaban J connectivity index is 2.53. The van der Waals surface area contributed by atoms with E-state index in [0.717, 1.165) is 3.57 Å². The third kappa shape index (κ3) is 5.64. The summed E-state index contributed by atoms with van der Waals surface area (Å²) in [6, 6.07) is 7.22. The van der Waals surface area contributed by atoms with Crippen LogP contribution in [0.1, 0.15) is 32.4 Å². The summed E-state index contributed by atoms with van der Waals surface area (Å²) >= 11 is 2.09. The van der Waals surface area contributed by atoms with Crippen molar-refractivity contribution in [2.24, 2.45) is 0 Å². The van der Waals surface area contributed by atoms with Crippen LogP contribution in [0.2, 0.25) is 0 Å². The van der Waals surface area contributed by atoms with Gasteiger partial charge in [0.15, 0.2) is 0 Å². The van der Waals surface area contributed by atoms with E-state index >= 15 is 0 Å². The summed E-state index contributed by atoms with van der Waals surface area (Å²) in [6.45, 7) is 5.18. The van der Waals surface area contributed by atoms with Gasteiger partial charge in [-0.3, -0.25) is 0 Å². The van der Waals surface area contributed by atoms with Crippen LogP contribution in [-0.4, -0.2) is 34.6 Å². The van der Waals surface area contributed by atoms with Gasteiger partial charge in [-0.15, -0.1) is 0 Å². The Kier molecular flexibility index (Phi) is 6.22. The normalized spacial score (nSPS) is 14.5. The fourth-order valence-electron chi connectivity index (χ4n) is 1.54. The van der Waals surface area contributed by atoms with Gasteiger partial charge in [-0.1, -0.05) is 18.2 Å². The molecule has 20 heavy (non-hydrogen) atoms. The zero-order valence-corrected chi connectivity index (χ0v) is 13.9. The molecule has 0 radical (unpaired) electrons. The van der Waals surface area contributed by atoms with Crippen molar-refractivity contribution in [3.8, 4) is 0 Å². The lowest BCUT2D eigenvalue weighted by Gasteiger charge is -2.22. The minimum absolute atomic E-state index is 0.0823. The van der Waals surface area contributed by atoms with Gasteiger partial charge in [-0.2, -0.15) is 0 Å². The molecule has 0 aliphatic rings. The van der Waals surface area contributed by atoms with Crippen molar-refractivity contribution in [1.82, 2.24) is 5.32 Å². The minimum Gasteiger partial charge on any atom is -0.444 e. The molecule has 112 valence electrons. The molecule has 0 spiro atoms. The second kappa shape index (κ2) is 7.24. The highest BCUT2D eigenvalue weighted by Crippen LogP contribution is 2.22. The van der Waals surface area contributed by atoms with Crippen LogP contribution in [0.3, 0.4) is 0 Å². The Hall–Kier alpha value is -0.860. The van der Waals surface area contributed by atoms with Gasteiger partial charge in [0.05, 0.1) is 0 Å². The Morgan fingerprint density at radius 1 is 1.35 bits per heavy atom. The lowest BCUT2D eigenvalue weighted by atomic mass is 10.0. The van der Waals surface area contributed by atoms with Crippen LogP contribution in [0.5, 0.6) is 0 Å². The standard InChI is InChI=1S/C14H20INO4/c1-14(2,3)20-13(19)16-8-11(17)12(18)9-6-4-5-7-10(9)15/h4-7,11-12,17-18H,8H2,1-3H3,(H,16,19). The highest BCUT2D eigenvalue weighted by molar-refractivity contribution is 14.1. The molecule has 1 aromatic carbocycles. The van der Waals surface area contributed by atoms with Gasteiger partial charge < -0.3 is 20.3 Å². The summed E-state index contributed by atoms with van der Waals surface area (Å²) in [4.78, 5) is 11.5. The van der Waals surface area contributed by atoms with Crippen LogP contribution in [-0.2, 0) is 4.74 Å². The molecule has 0 bridgehead atoms. The van der Waals surface area contributed by atoms with E-state index in [0.29, 0.717) is 5.56 Å². The molecule has 1 rings (SSSR count). The van der Waals surface area contributed by atoms with E-state index in [2.05, 4.69) is 27.9 Å². The van der Waals surface area contributed by atoms with E-state index in [1.807, 2.05) is 12.1 Å². The number of benzene rings is 1. The van der Waals surface area contributed by atoms with E-state index in [1.54, 1.807) is 32.9 Å². The summed E-state index contributed by atoms with van der Waals surface area (Å²) in [5.74, 6) is 0. The molecule has 0 saturated carbocycles. The number of aliphatic hydroxyl groups excluding tert-OH is 2. The van der Waals surface area contributed by atoms with Crippen LogP contribution < -0.4 is 5.32 Å². The molecule has 2 atom stereocenters. The third-order valence-electron chi connectivity index (χ3n) is 2.44. The number of hydrogen-bond donors (Lipinski definition) is 3. The van der Waals surface area contributed by atoms with Crippen molar-refractivity contribution in [3.63, 3.8) is 0 Å². The van der Waals surface area contributed by atoms with Gasteiger partial charge in [-0.25, -0.2) is 4.79 Å². The number of carbonyl (C=O) groups is 1. The summed E-state index contributed by atoms with van der Waals surface area (Å²) < 4.78 is 5.91. The number of nitrogens with one attached hydrogen (secondary N) is 1. The Morgan fingerprint density at radius 2 is 1.95 bits per heavy atom. The first-order chi connectivity index (χ1) is 9.20. The molecule has 0 aliphatic carbocycles. The third-order valence-corrected chi connectivity index (χ3v) is 3.43. The maximum absolute atomic E-state index is 11.5. The van der Waals surface area contributed by atoms with Gasteiger partial charge in [0.2, 0.25) is 0 Å². The van der Waals surface area contributed by atoms with Gasteiger partial charge in [0.25, 0.3) is 0 Å². The number of carbonyl (C=O) groups excluding carboxylic acids is 1. The average molecular weight is 393 g/mol. The van der Waals surface area contributed by atoms with E-state index in [1.165, 1.54) is 0 Å². The monoisotopic (exact) mass is 393 g/mol. The van der Waals surface area contributed by atoms with Crippen LogP contribution in [0.15, 0.2) is 24.3 Å². The van der Waals surface area contributed by atoms with Crippen LogP contribution >= 0.6 is 22.6 Å². The fourth-order valence-corrected chi connectivity index (χ4v) is 2.24. The Bertz CT molecular complexity index is 459. The number of alkyl carbamates (subject to hydrolysis) is 1. The molecule has 0 saturated heterocycles. The van der Waals surface area contributed by atoms with Crippen LogP contribution in [0, 0.1) is 3.57 Å². The van der Waals surface area contributed by atoms with Crippen LogP contribution in [0.4, 0.5) is 4.79 Å². The first kappa shape index (κ1) is 17.2. The van der Waals surface area contributed by atoms with Crippen molar-refractivity contribution in [1.29, 1.82) is 0 Å². The maximum atomic E-state index is 11.5. The molecule has 0 heterocycles. The smallest absolute Gasteiger partial charge is 0.407 e. The number of hydrogen-bond acceptors (Lipinski definition) is 4. The molecule has 0 aromatic heterocycles. The summed E-state index contributed by atoms with van der Waals surface area (Å²) in [5.41, 5.74) is 0.0363. The van der Waals surface area contributed by atoms with E-state index in [4.69, 9.17) is 4.74 Å². The molecule has 2 unspecified atom stereocenters. The number of amides is 1. The number of rotatable bonds is 4. The van der Waals surface area contributed by atoms with Gasteiger partial charge in [0.1, 0.15) is 17.8 Å². The van der Waals surface area contributed by atoms with Crippen LogP contribution in [0.25, 0.3) is 0 Å². The second-order valence-electron chi connectivity index (χ2n) is 5.42. The lowest BCUT2D eigenvalue weighted by Crippen LogP contribution is -2.39. The molecule has 0 fully saturated rings. The van der Waals surface area contributed by atoms with E-state index in [9.17, 15) is 15.0 Å². The zero-order valence-electron chi connectivity index (χ0n) is 11.8. The van der Waals surface area contributed by atoms with Gasteiger partial charge >= 0.3 is 6.09 Å². The topological polar surface area (TPSA) is 78.8 Å².